The number of nitrogens with one attached hydrogen (secondary N) is 1. The van der Waals surface area contributed by atoms with Gasteiger partial charge in [-0.15, -0.1) is 10.2 Å². The fourth-order valence-corrected chi connectivity index (χ4v) is 2.95. The number of ether oxygens (including phenoxy) is 1. The molecule has 0 spiro atoms. The van der Waals surface area contributed by atoms with Crippen LogP contribution in [0.1, 0.15) is 18.5 Å². The van der Waals surface area contributed by atoms with Gasteiger partial charge in [0.1, 0.15) is 0 Å². The highest BCUT2D eigenvalue weighted by atomic mass is 16.5. The largest absolute Gasteiger partial charge is 0.377 e. The molecule has 2 heterocycles. The third-order valence-corrected chi connectivity index (χ3v) is 4.18. The zero-order valence-corrected chi connectivity index (χ0v) is 12.7. The quantitative estimate of drug-likeness (QED) is 0.888. The van der Waals surface area contributed by atoms with Gasteiger partial charge in [-0.1, -0.05) is 30.3 Å². The van der Waals surface area contributed by atoms with Crippen LogP contribution in [0.3, 0.4) is 0 Å². The van der Waals surface area contributed by atoms with E-state index in [0.717, 1.165) is 42.9 Å². The van der Waals surface area contributed by atoms with Crippen molar-refractivity contribution in [1.29, 1.82) is 0 Å². The van der Waals surface area contributed by atoms with E-state index in [1.54, 1.807) is 7.11 Å². The summed E-state index contributed by atoms with van der Waals surface area (Å²) in [6.45, 7) is 1.84. The summed E-state index contributed by atoms with van der Waals surface area (Å²) in [4.78, 5) is 4.40. The smallest absolute Gasteiger partial charge is 0.240 e. The Bertz CT molecular complexity index is 626. The lowest BCUT2D eigenvalue weighted by molar-refractivity contribution is -0.0285. The number of hydrogen-bond acceptors (Lipinski definition) is 6. The molecule has 1 unspecified atom stereocenters. The summed E-state index contributed by atoms with van der Waals surface area (Å²) in [5.74, 6) is 0.191. The lowest BCUT2D eigenvalue weighted by Crippen LogP contribution is -2.49. The van der Waals surface area contributed by atoms with Crippen LogP contribution in [0.2, 0.25) is 0 Å². The minimum Gasteiger partial charge on any atom is -0.377 e. The van der Waals surface area contributed by atoms with Crippen LogP contribution >= 0.6 is 0 Å². The second-order valence-corrected chi connectivity index (χ2v) is 5.68. The van der Waals surface area contributed by atoms with Crippen LogP contribution in [0.15, 0.2) is 30.3 Å². The maximum Gasteiger partial charge on any atom is 0.240 e. The maximum absolute atomic E-state index is 5.81. The number of rotatable bonds is 4. The van der Waals surface area contributed by atoms with Crippen LogP contribution < -0.4 is 11.1 Å². The van der Waals surface area contributed by atoms with E-state index >= 15 is 0 Å². The van der Waals surface area contributed by atoms with Crippen molar-refractivity contribution >= 4 is 5.95 Å². The fraction of sp³-hybridized carbons (Fsp3) is 0.438. The zero-order chi connectivity index (χ0) is 15.4. The van der Waals surface area contributed by atoms with Crippen LogP contribution in [-0.4, -0.2) is 41.0 Å². The molecule has 1 aliphatic rings. The van der Waals surface area contributed by atoms with E-state index in [4.69, 9.17) is 10.5 Å². The number of nitrogens with zero attached hydrogens (tertiary/aromatic N) is 3. The summed E-state index contributed by atoms with van der Waals surface area (Å²) >= 11 is 0. The molecule has 0 radical (unpaired) electrons. The van der Waals surface area contributed by atoms with Crippen LogP contribution in [0, 0.1) is 0 Å². The SMILES string of the molecule is COC1(Cc2nnc(N)nc2-c2ccccc2)CCCNC1. The van der Waals surface area contributed by atoms with Gasteiger partial charge in [0.05, 0.1) is 17.0 Å². The van der Waals surface area contributed by atoms with Crippen molar-refractivity contribution in [2.75, 3.05) is 25.9 Å². The Balaban J connectivity index is 1.96. The number of anilines is 1. The van der Waals surface area contributed by atoms with Gasteiger partial charge in [-0.3, -0.25) is 0 Å². The lowest BCUT2D eigenvalue weighted by atomic mass is 9.88. The Morgan fingerprint density at radius 3 is 2.77 bits per heavy atom. The van der Waals surface area contributed by atoms with Crippen LogP contribution in [-0.2, 0) is 11.2 Å². The second-order valence-electron chi connectivity index (χ2n) is 5.68. The number of nitrogen functional groups attached to an aromatic ring is 1. The minimum absolute atomic E-state index is 0.191. The summed E-state index contributed by atoms with van der Waals surface area (Å²) in [5, 5.41) is 11.6. The maximum atomic E-state index is 5.81. The number of piperidine rings is 1. The van der Waals surface area contributed by atoms with Gasteiger partial charge in [-0.25, -0.2) is 4.98 Å². The molecule has 116 valence electrons. The molecule has 3 rings (SSSR count). The van der Waals surface area contributed by atoms with E-state index in [-0.39, 0.29) is 11.5 Å². The first-order chi connectivity index (χ1) is 10.7. The van der Waals surface area contributed by atoms with Crippen LogP contribution in [0.4, 0.5) is 5.95 Å². The fourth-order valence-electron chi connectivity index (χ4n) is 2.95. The Morgan fingerprint density at radius 1 is 1.27 bits per heavy atom. The van der Waals surface area contributed by atoms with Gasteiger partial charge >= 0.3 is 0 Å². The predicted molar refractivity (Wildman–Crippen MR) is 85.2 cm³/mol. The van der Waals surface area contributed by atoms with Gasteiger partial charge in [0.25, 0.3) is 0 Å². The normalized spacial score (nSPS) is 21.7. The molecule has 1 fully saturated rings. The van der Waals surface area contributed by atoms with E-state index < -0.39 is 0 Å². The number of methoxy groups -OCH3 is 1. The van der Waals surface area contributed by atoms with Crippen molar-refractivity contribution in [3.05, 3.63) is 36.0 Å². The highest BCUT2D eigenvalue weighted by Gasteiger charge is 2.34. The summed E-state index contributed by atoms with van der Waals surface area (Å²) in [6, 6.07) is 9.94. The Morgan fingerprint density at radius 2 is 2.09 bits per heavy atom. The zero-order valence-electron chi connectivity index (χ0n) is 12.7. The van der Waals surface area contributed by atoms with Gasteiger partial charge < -0.3 is 15.8 Å². The first-order valence-corrected chi connectivity index (χ1v) is 7.53. The first-order valence-electron chi connectivity index (χ1n) is 7.53. The van der Waals surface area contributed by atoms with Crippen molar-refractivity contribution in [1.82, 2.24) is 20.5 Å². The van der Waals surface area contributed by atoms with E-state index in [9.17, 15) is 0 Å². The molecule has 0 saturated carbocycles. The molecule has 1 saturated heterocycles. The van der Waals surface area contributed by atoms with E-state index in [0.29, 0.717) is 6.42 Å². The van der Waals surface area contributed by atoms with Crippen molar-refractivity contribution in [2.24, 2.45) is 0 Å². The summed E-state index contributed by atoms with van der Waals surface area (Å²) in [6.07, 6.45) is 2.75. The van der Waals surface area contributed by atoms with Gasteiger partial charge in [0.2, 0.25) is 5.95 Å². The van der Waals surface area contributed by atoms with Gasteiger partial charge in [0.15, 0.2) is 0 Å². The average molecular weight is 299 g/mol. The molecule has 2 aromatic rings. The third-order valence-electron chi connectivity index (χ3n) is 4.18. The van der Waals surface area contributed by atoms with Crippen molar-refractivity contribution in [3.63, 3.8) is 0 Å². The summed E-state index contributed by atoms with van der Waals surface area (Å²) < 4.78 is 5.81. The molecular formula is C16H21N5O. The molecule has 22 heavy (non-hydrogen) atoms. The summed E-state index contributed by atoms with van der Waals surface area (Å²) in [7, 11) is 1.76. The highest BCUT2D eigenvalue weighted by Crippen LogP contribution is 2.28. The van der Waals surface area contributed by atoms with Crippen molar-refractivity contribution in [2.45, 2.75) is 24.9 Å². The first kappa shape index (κ1) is 14.9. The Kier molecular flexibility index (Phi) is 4.31. The topological polar surface area (TPSA) is 86.0 Å². The molecule has 1 aromatic carbocycles. The van der Waals surface area contributed by atoms with Gasteiger partial charge in [-0.2, -0.15) is 0 Å². The molecule has 1 aliphatic heterocycles. The average Bonchev–Trinajstić information content (AvgIpc) is 2.58. The predicted octanol–water partition coefficient (Wildman–Crippen LogP) is 1.43. The third kappa shape index (κ3) is 3.08. The monoisotopic (exact) mass is 299 g/mol. The summed E-state index contributed by atoms with van der Waals surface area (Å²) in [5.41, 5.74) is 8.09. The molecule has 0 bridgehead atoms. The number of aromatic nitrogens is 3. The van der Waals surface area contributed by atoms with Crippen molar-refractivity contribution < 1.29 is 4.74 Å². The molecular weight excluding hydrogens is 278 g/mol. The second kappa shape index (κ2) is 6.37. The molecule has 1 atom stereocenters. The molecule has 0 amide bonds. The van der Waals surface area contributed by atoms with E-state index in [2.05, 4.69) is 20.5 Å². The van der Waals surface area contributed by atoms with Crippen LogP contribution in [0.25, 0.3) is 11.3 Å². The lowest BCUT2D eigenvalue weighted by Gasteiger charge is -2.36. The van der Waals surface area contributed by atoms with E-state index in [1.807, 2.05) is 30.3 Å². The number of benzene rings is 1. The standard InChI is InChI=1S/C16H21N5O/c1-22-16(8-5-9-18-11-16)10-13-14(19-15(17)21-20-13)12-6-3-2-4-7-12/h2-4,6-7,18H,5,8-11H2,1H3,(H2,17,19,21). The molecule has 3 N–H and O–H groups in total. The molecule has 6 nitrogen and oxygen atoms in total. The van der Waals surface area contributed by atoms with Crippen molar-refractivity contribution in [3.8, 4) is 11.3 Å². The molecule has 6 heteroatoms. The van der Waals surface area contributed by atoms with E-state index in [1.165, 1.54) is 0 Å². The Hall–Kier alpha value is -2.05. The van der Waals surface area contributed by atoms with Gasteiger partial charge in [0, 0.05) is 25.6 Å². The molecule has 1 aromatic heterocycles. The number of hydrogen-bond donors (Lipinski definition) is 2. The Labute approximate surface area is 130 Å². The highest BCUT2D eigenvalue weighted by molar-refractivity contribution is 5.62. The van der Waals surface area contributed by atoms with Gasteiger partial charge in [-0.05, 0) is 19.4 Å². The molecule has 0 aliphatic carbocycles. The minimum atomic E-state index is -0.256. The van der Waals surface area contributed by atoms with Crippen LogP contribution in [0.5, 0.6) is 0 Å². The number of nitrogens with two attached hydrogens (primary N) is 1.